The number of halogens is 2. The number of hydrogen-bond acceptors (Lipinski definition) is 4. The molecule has 0 fully saturated rings. The molecule has 8 heteroatoms. The zero-order valence-electron chi connectivity index (χ0n) is 10.8. The third-order valence-electron chi connectivity index (χ3n) is 2.61. The number of thiazole rings is 1. The van der Waals surface area contributed by atoms with Crippen LogP contribution in [0.15, 0.2) is 28.5 Å². The van der Waals surface area contributed by atoms with Gasteiger partial charge in [0.1, 0.15) is 15.7 Å². The Balaban J connectivity index is 2.35. The molecule has 0 amide bonds. The predicted octanol–water partition coefficient (Wildman–Crippen LogP) is 3.06. The Labute approximate surface area is 125 Å². The highest BCUT2D eigenvalue weighted by atomic mass is 35.5. The van der Waals surface area contributed by atoms with E-state index in [4.69, 9.17) is 11.6 Å². The number of hydrogen-bond donors (Lipinski definition) is 0. The predicted molar refractivity (Wildman–Crippen MR) is 76.9 cm³/mol. The summed E-state index contributed by atoms with van der Waals surface area (Å²) in [5.74, 6) is -0.861. The summed E-state index contributed by atoms with van der Waals surface area (Å²) in [6, 6.07) is 3.78. The maximum atomic E-state index is 13.7. The van der Waals surface area contributed by atoms with Gasteiger partial charge in [-0.3, -0.25) is 0 Å². The van der Waals surface area contributed by atoms with Crippen molar-refractivity contribution in [3.05, 3.63) is 45.1 Å². The highest BCUT2D eigenvalue weighted by Gasteiger charge is 2.27. The van der Waals surface area contributed by atoms with Gasteiger partial charge in [0.25, 0.3) is 0 Å². The van der Waals surface area contributed by atoms with Gasteiger partial charge in [-0.05, 0) is 19.1 Å². The van der Waals surface area contributed by atoms with Gasteiger partial charge in [-0.1, -0.05) is 17.7 Å². The van der Waals surface area contributed by atoms with Crippen molar-refractivity contribution in [2.24, 2.45) is 0 Å². The van der Waals surface area contributed by atoms with E-state index in [-0.39, 0.29) is 11.6 Å². The van der Waals surface area contributed by atoms with Gasteiger partial charge in [0.05, 0.1) is 11.6 Å². The second kappa shape index (κ2) is 5.77. The van der Waals surface area contributed by atoms with Crippen LogP contribution >= 0.6 is 22.9 Å². The van der Waals surface area contributed by atoms with Gasteiger partial charge >= 0.3 is 0 Å². The summed E-state index contributed by atoms with van der Waals surface area (Å²) in [5.41, 5.74) is 0.819. The van der Waals surface area contributed by atoms with Crippen LogP contribution in [0.2, 0.25) is 5.02 Å². The molecule has 0 spiro atoms. The molecule has 0 aliphatic heterocycles. The summed E-state index contributed by atoms with van der Waals surface area (Å²) in [7, 11) is -2.63. The van der Waals surface area contributed by atoms with Crippen molar-refractivity contribution < 1.29 is 12.8 Å². The first kappa shape index (κ1) is 15.4. The van der Waals surface area contributed by atoms with E-state index in [1.165, 1.54) is 30.5 Å². The van der Waals surface area contributed by atoms with Crippen molar-refractivity contribution in [3.63, 3.8) is 0 Å². The van der Waals surface area contributed by atoms with Gasteiger partial charge in [0.2, 0.25) is 10.0 Å². The summed E-state index contributed by atoms with van der Waals surface area (Å²) < 4.78 is 39.5. The third-order valence-corrected chi connectivity index (χ3v) is 5.87. The Morgan fingerprint density at radius 2 is 2.15 bits per heavy atom. The Bertz CT molecular complexity index is 711. The molecule has 1 heterocycles. The Morgan fingerprint density at radius 3 is 2.70 bits per heavy atom. The number of rotatable bonds is 4. The zero-order chi connectivity index (χ0) is 14.9. The van der Waals surface area contributed by atoms with Crippen LogP contribution in [0.4, 0.5) is 4.39 Å². The molecule has 0 aliphatic rings. The fraction of sp³-hybridized carbons (Fsp3) is 0.250. The van der Waals surface area contributed by atoms with E-state index in [0.717, 1.165) is 16.1 Å². The quantitative estimate of drug-likeness (QED) is 0.863. The SMILES string of the molecule is Cc1csc(CN(C)S(=O)(=O)c2c(F)cccc2Cl)n1. The van der Waals surface area contributed by atoms with E-state index in [9.17, 15) is 12.8 Å². The minimum absolute atomic E-state index is 0.0749. The average molecular weight is 335 g/mol. The summed E-state index contributed by atoms with van der Waals surface area (Å²) in [4.78, 5) is 3.69. The molecular weight excluding hydrogens is 323 g/mol. The van der Waals surface area contributed by atoms with Crippen molar-refractivity contribution in [1.82, 2.24) is 9.29 Å². The minimum Gasteiger partial charge on any atom is -0.245 e. The lowest BCUT2D eigenvalue weighted by atomic mass is 10.3. The average Bonchev–Trinajstić information content (AvgIpc) is 2.74. The summed E-state index contributed by atoms with van der Waals surface area (Å²) in [6.07, 6.45) is 0. The van der Waals surface area contributed by atoms with Crippen LogP contribution < -0.4 is 0 Å². The van der Waals surface area contributed by atoms with Gasteiger partial charge in [-0.25, -0.2) is 17.8 Å². The summed E-state index contributed by atoms with van der Waals surface area (Å²) in [6.45, 7) is 1.90. The molecule has 0 atom stereocenters. The number of nitrogens with zero attached hydrogens (tertiary/aromatic N) is 2. The molecular formula is C12H12ClFN2O2S2. The fourth-order valence-corrected chi connectivity index (χ4v) is 4.23. The third kappa shape index (κ3) is 3.01. The van der Waals surface area contributed by atoms with Crippen LogP contribution in [0.1, 0.15) is 10.7 Å². The van der Waals surface area contributed by atoms with E-state index >= 15 is 0 Å². The number of aryl methyl sites for hydroxylation is 1. The monoisotopic (exact) mass is 334 g/mol. The van der Waals surface area contributed by atoms with Crippen molar-refractivity contribution in [1.29, 1.82) is 0 Å². The molecule has 1 aromatic heterocycles. The first-order valence-electron chi connectivity index (χ1n) is 5.63. The molecule has 2 aromatic rings. The lowest BCUT2D eigenvalue weighted by Crippen LogP contribution is -2.27. The molecule has 0 N–H and O–H groups in total. The molecule has 0 unspecified atom stereocenters. The molecule has 0 saturated heterocycles. The van der Waals surface area contributed by atoms with Crippen molar-refractivity contribution in [3.8, 4) is 0 Å². The molecule has 0 radical (unpaired) electrons. The normalized spacial score (nSPS) is 12.1. The largest absolute Gasteiger partial charge is 0.247 e. The molecule has 0 saturated carbocycles. The highest BCUT2D eigenvalue weighted by Crippen LogP contribution is 2.27. The molecule has 0 bridgehead atoms. The van der Waals surface area contributed by atoms with Gasteiger partial charge in [0, 0.05) is 18.1 Å². The zero-order valence-corrected chi connectivity index (χ0v) is 13.2. The van der Waals surface area contributed by atoms with Crippen molar-refractivity contribution >= 4 is 33.0 Å². The Kier molecular flexibility index (Phi) is 4.43. The fourth-order valence-electron chi connectivity index (χ4n) is 1.64. The van der Waals surface area contributed by atoms with Gasteiger partial charge in [-0.2, -0.15) is 4.31 Å². The standard InChI is InChI=1S/C12H12ClFN2O2S2/c1-8-7-19-11(15-8)6-16(2)20(17,18)12-9(13)4-3-5-10(12)14/h3-5,7H,6H2,1-2H3. The number of sulfonamides is 1. The topological polar surface area (TPSA) is 50.3 Å². The Morgan fingerprint density at radius 1 is 1.45 bits per heavy atom. The van der Waals surface area contributed by atoms with Crippen LogP contribution in [0.25, 0.3) is 0 Å². The Hall–Kier alpha value is -1.02. The van der Waals surface area contributed by atoms with Gasteiger partial charge in [0.15, 0.2) is 0 Å². The number of benzene rings is 1. The lowest BCUT2D eigenvalue weighted by Gasteiger charge is -2.17. The smallest absolute Gasteiger partial charge is 0.245 e. The van der Waals surface area contributed by atoms with Gasteiger partial charge in [-0.15, -0.1) is 11.3 Å². The van der Waals surface area contributed by atoms with Crippen LogP contribution in [-0.4, -0.2) is 24.8 Å². The molecule has 0 aliphatic carbocycles. The lowest BCUT2D eigenvalue weighted by molar-refractivity contribution is 0.459. The van der Waals surface area contributed by atoms with E-state index in [1.54, 1.807) is 0 Å². The second-order valence-electron chi connectivity index (χ2n) is 4.19. The van der Waals surface area contributed by atoms with Crippen LogP contribution in [0, 0.1) is 12.7 Å². The van der Waals surface area contributed by atoms with Crippen LogP contribution in [0.3, 0.4) is 0 Å². The maximum Gasteiger partial charge on any atom is 0.247 e. The molecule has 1 aromatic carbocycles. The molecule has 108 valence electrons. The number of aromatic nitrogens is 1. The molecule has 4 nitrogen and oxygen atoms in total. The van der Waals surface area contributed by atoms with Crippen molar-refractivity contribution in [2.75, 3.05) is 7.05 Å². The van der Waals surface area contributed by atoms with E-state index in [0.29, 0.717) is 5.01 Å². The van der Waals surface area contributed by atoms with Crippen molar-refractivity contribution in [2.45, 2.75) is 18.4 Å². The van der Waals surface area contributed by atoms with Crippen LogP contribution in [0.5, 0.6) is 0 Å². The maximum absolute atomic E-state index is 13.7. The van der Waals surface area contributed by atoms with Gasteiger partial charge < -0.3 is 0 Å². The molecule has 20 heavy (non-hydrogen) atoms. The first-order chi connectivity index (χ1) is 9.32. The van der Waals surface area contributed by atoms with Crippen LogP contribution in [-0.2, 0) is 16.6 Å². The summed E-state index contributed by atoms with van der Waals surface area (Å²) >= 11 is 7.16. The van der Waals surface area contributed by atoms with E-state index < -0.39 is 20.7 Å². The first-order valence-corrected chi connectivity index (χ1v) is 8.33. The summed E-state index contributed by atoms with van der Waals surface area (Å²) in [5, 5.41) is 2.33. The molecule has 2 rings (SSSR count). The van der Waals surface area contributed by atoms with E-state index in [2.05, 4.69) is 4.98 Å². The second-order valence-corrected chi connectivity index (χ2v) is 7.53. The van der Waals surface area contributed by atoms with E-state index in [1.807, 2.05) is 12.3 Å². The highest BCUT2D eigenvalue weighted by molar-refractivity contribution is 7.89. The minimum atomic E-state index is -4.00.